The molecule has 1 amide bonds. The summed E-state index contributed by atoms with van der Waals surface area (Å²) in [4.78, 5) is 26.1. The van der Waals surface area contributed by atoms with Crippen LogP contribution in [-0.4, -0.2) is 46.6 Å². The molecule has 0 atom stereocenters. The van der Waals surface area contributed by atoms with Gasteiger partial charge in [-0.1, -0.05) is 11.2 Å². The second-order valence-corrected chi connectivity index (χ2v) is 10.8. The predicted octanol–water partition coefficient (Wildman–Crippen LogP) is 4.62. The van der Waals surface area contributed by atoms with Gasteiger partial charge in [0, 0.05) is 39.9 Å². The van der Waals surface area contributed by atoms with E-state index >= 15 is 0 Å². The third-order valence-corrected chi connectivity index (χ3v) is 6.62. The summed E-state index contributed by atoms with van der Waals surface area (Å²) in [6, 6.07) is 6.68. The Balaban J connectivity index is 1.50. The van der Waals surface area contributed by atoms with Crippen LogP contribution in [-0.2, 0) is 15.0 Å². The first-order valence-corrected chi connectivity index (χ1v) is 12.1. The summed E-state index contributed by atoms with van der Waals surface area (Å²) >= 11 is 0. The van der Waals surface area contributed by atoms with E-state index in [-0.39, 0.29) is 12.1 Å². The number of nitrogens with one attached hydrogen (secondary N) is 2. The van der Waals surface area contributed by atoms with Gasteiger partial charge in [-0.2, -0.15) is 0 Å². The number of rotatable bonds is 4. The smallest absolute Gasteiger partial charge is 0.407 e. The van der Waals surface area contributed by atoms with Crippen LogP contribution in [0.3, 0.4) is 0 Å². The summed E-state index contributed by atoms with van der Waals surface area (Å²) in [7, 11) is 1.55. The number of amides is 1. The third kappa shape index (κ3) is 5.18. The van der Waals surface area contributed by atoms with E-state index in [1.54, 1.807) is 7.11 Å². The average Bonchev–Trinajstić information content (AvgIpc) is 2.76. The van der Waals surface area contributed by atoms with Crippen LogP contribution in [0.5, 0.6) is 0 Å². The number of ether oxygens (including phenoxy) is 1. The lowest BCUT2D eigenvalue weighted by Gasteiger charge is -2.35. The van der Waals surface area contributed by atoms with Crippen molar-refractivity contribution in [1.82, 2.24) is 15.3 Å². The lowest BCUT2D eigenvalue weighted by molar-refractivity contribution is 0.0492. The SMILES string of the molecule is CON=C1c2cc(NC3CCC(NC(=O)OC(C)(C)C)CC3)ccc2-c2ncnc(N)c2C1(C)C. The largest absolute Gasteiger partial charge is 0.444 e. The molecular formula is C26H36N6O3. The number of anilines is 2. The molecule has 0 unspecified atom stereocenters. The van der Waals surface area contributed by atoms with Gasteiger partial charge >= 0.3 is 6.09 Å². The first kappa shape index (κ1) is 24.8. The van der Waals surface area contributed by atoms with Crippen molar-refractivity contribution in [1.29, 1.82) is 0 Å². The highest BCUT2D eigenvalue weighted by molar-refractivity contribution is 6.16. The van der Waals surface area contributed by atoms with Gasteiger partial charge in [-0.25, -0.2) is 14.8 Å². The Kier molecular flexibility index (Phi) is 6.62. The molecule has 1 fully saturated rings. The summed E-state index contributed by atoms with van der Waals surface area (Å²) in [6.07, 6.45) is 4.86. The zero-order valence-electron chi connectivity index (χ0n) is 21.4. The van der Waals surface area contributed by atoms with Gasteiger partial charge in [-0.05, 0) is 72.4 Å². The molecule has 1 heterocycles. The molecule has 0 saturated heterocycles. The number of hydrogen-bond donors (Lipinski definition) is 3. The van der Waals surface area contributed by atoms with Crippen molar-refractivity contribution in [2.45, 2.75) is 83.4 Å². The maximum atomic E-state index is 12.1. The minimum atomic E-state index is -0.520. The van der Waals surface area contributed by atoms with E-state index in [0.717, 1.165) is 59.5 Å². The number of carbonyl (C=O) groups is 1. The minimum absolute atomic E-state index is 0.134. The first-order chi connectivity index (χ1) is 16.5. The normalized spacial score (nSPS) is 22.1. The zero-order valence-corrected chi connectivity index (χ0v) is 21.4. The number of benzene rings is 1. The Labute approximate surface area is 206 Å². The molecule has 188 valence electrons. The van der Waals surface area contributed by atoms with Gasteiger partial charge in [0.05, 0.1) is 11.4 Å². The van der Waals surface area contributed by atoms with Crippen LogP contribution in [0, 0.1) is 0 Å². The number of nitrogens with two attached hydrogens (primary N) is 1. The van der Waals surface area contributed by atoms with Gasteiger partial charge in [0.1, 0.15) is 24.9 Å². The minimum Gasteiger partial charge on any atom is -0.444 e. The standard InChI is InChI=1S/C26H36N6O3/c1-25(2,3)35-24(33)31-16-9-7-15(8-10-16)30-17-11-12-18-19(13-17)22(32-34-6)26(4,5)20-21(18)28-14-29-23(20)27/h11-16,30H,7-10H2,1-6H3,(H,31,33)(H2,27,28,29). The highest BCUT2D eigenvalue weighted by atomic mass is 16.6. The number of oxime groups is 1. The Morgan fingerprint density at radius 1 is 1.11 bits per heavy atom. The van der Waals surface area contributed by atoms with Crippen LogP contribution in [0.15, 0.2) is 29.7 Å². The van der Waals surface area contributed by atoms with Crippen molar-refractivity contribution in [3.63, 3.8) is 0 Å². The summed E-state index contributed by atoms with van der Waals surface area (Å²) in [5, 5.41) is 11.1. The monoisotopic (exact) mass is 480 g/mol. The van der Waals surface area contributed by atoms with Gasteiger partial charge in [0.2, 0.25) is 0 Å². The number of aromatic nitrogens is 2. The Morgan fingerprint density at radius 2 is 1.80 bits per heavy atom. The maximum Gasteiger partial charge on any atom is 0.407 e. The molecule has 0 bridgehead atoms. The molecule has 1 saturated carbocycles. The van der Waals surface area contributed by atoms with Crippen molar-refractivity contribution in [3.8, 4) is 11.3 Å². The highest BCUT2D eigenvalue weighted by Gasteiger charge is 2.41. The van der Waals surface area contributed by atoms with E-state index in [1.807, 2.05) is 20.8 Å². The molecule has 2 aromatic rings. The zero-order chi connectivity index (χ0) is 25.4. The fourth-order valence-electron chi connectivity index (χ4n) is 5.06. The van der Waals surface area contributed by atoms with Crippen LogP contribution in [0.1, 0.15) is 71.4 Å². The van der Waals surface area contributed by atoms with E-state index in [9.17, 15) is 4.79 Å². The fourth-order valence-corrected chi connectivity index (χ4v) is 5.06. The Hall–Kier alpha value is -3.36. The molecule has 9 heteroatoms. The second kappa shape index (κ2) is 9.36. The van der Waals surface area contributed by atoms with Gasteiger partial charge in [0.15, 0.2) is 0 Å². The molecule has 2 aliphatic carbocycles. The average molecular weight is 481 g/mol. The number of nitrogen functional groups attached to an aromatic ring is 1. The van der Waals surface area contributed by atoms with Gasteiger partial charge in [-0.3, -0.25) is 0 Å². The lowest BCUT2D eigenvalue weighted by atomic mass is 9.70. The maximum absolute atomic E-state index is 12.1. The van der Waals surface area contributed by atoms with Crippen LogP contribution in [0.4, 0.5) is 16.3 Å². The van der Waals surface area contributed by atoms with Crippen molar-refractivity contribution in [2.75, 3.05) is 18.2 Å². The van der Waals surface area contributed by atoms with Crippen LogP contribution in [0.25, 0.3) is 11.3 Å². The summed E-state index contributed by atoms with van der Waals surface area (Å²) in [5.41, 5.74) is 10.7. The van der Waals surface area contributed by atoms with E-state index in [0.29, 0.717) is 11.9 Å². The van der Waals surface area contributed by atoms with Crippen LogP contribution in [0.2, 0.25) is 0 Å². The molecule has 2 aliphatic rings. The molecular weight excluding hydrogens is 444 g/mol. The highest BCUT2D eigenvalue weighted by Crippen LogP contribution is 2.45. The van der Waals surface area contributed by atoms with Crippen molar-refractivity contribution < 1.29 is 14.4 Å². The van der Waals surface area contributed by atoms with Gasteiger partial charge in [-0.15, -0.1) is 0 Å². The number of carbonyl (C=O) groups excluding carboxylic acids is 1. The number of nitrogens with zero attached hydrogens (tertiary/aromatic N) is 3. The molecule has 9 nitrogen and oxygen atoms in total. The molecule has 1 aromatic heterocycles. The second-order valence-electron chi connectivity index (χ2n) is 10.8. The molecule has 1 aromatic carbocycles. The molecule has 4 rings (SSSR count). The quantitative estimate of drug-likeness (QED) is 0.546. The topological polar surface area (TPSA) is 124 Å². The van der Waals surface area contributed by atoms with E-state index in [2.05, 4.69) is 57.8 Å². The molecule has 0 radical (unpaired) electrons. The Morgan fingerprint density at radius 3 is 2.46 bits per heavy atom. The van der Waals surface area contributed by atoms with Gasteiger partial charge < -0.3 is 25.9 Å². The molecule has 4 N–H and O–H groups in total. The van der Waals surface area contributed by atoms with Crippen LogP contribution < -0.4 is 16.4 Å². The predicted molar refractivity (Wildman–Crippen MR) is 137 cm³/mol. The van der Waals surface area contributed by atoms with Crippen molar-refractivity contribution in [3.05, 3.63) is 35.7 Å². The van der Waals surface area contributed by atoms with E-state index in [4.69, 9.17) is 15.3 Å². The molecule has 0 spiro atoms. The number of hydrogen-bond acceptors (Lipinski definition) is 8. The number of fused-ring (bicyclic) bond motifs is 3. The molecule has 0 aliphatic heterocycles. The summed E-state index contributed by atoms with van der Waals surface area (Å²) < 4.78 is 5.39. The Bertz CT molecular complexity index is 1130. The third-order valence-electron chi connectivity index (χ3n) is 6.62. The van der Waals surface area contributed by atoms with Crippen molar-refractivity contribution >= 4 is 23.3 Å². The lowest BCUT2D eigenvalue weighted by Crippen LogP contribution is -2.42. The van der Waals surface area contributed by atoms with Crippen molar-refractivity contribution in [2.24, 2.45) is 5.16 Å². The van der Waals surface area contributed by atoms with E-state index < -0.39 is 11.0 Å². The fraction of sp³-hybridized carbons (Fsp3) is 0.538. The van der Waals surface area contributed by atoms with Gasteiger partial charge in [0.25, 0.3) is 0 Å². The number of alkyl carbamates (subject to hydrolysis) is 1. The summed E-state index contributed by atoms with van der Waals surface area (Å²) in [6.45, 7) is 9.74. The van der Waals surface area contributed by atoms with E-state index in [1.165, 1.54) is 6.33 Å². The first-order valence-electron chi connectivity index (χ1n) is 12.1. The summed E-state index contributed by atoms with van der Waals surface area (Å²) in [5.74, 6) is 0.452. The molecule has 35 heavy (non-hydrogen) atoms. The van der Waals surface area contributed by atoms with Crippen LogP contribution >= 0.6 is 0 Å².